The predicted octanol–water partition coefficient (Wildman–Crippen LogP) is 2.69. The van der Waals surface area contributed by atoms with E-state index in [4.69, 9.17) is 0 Å². The number of aliphatic carboxylic acids is 1. The lowest BCUT2D eigenvalue weighted by Gasteiger charge is -2.23. The van der Waals surface area contributed by atoms with E-state index < -0.39 is 11.4 Å². The molecule has 0 spiro atoms. The Morgan fingerprint density at radius 2 is 2.05 bits per heavy atom. The van der Waals surface area contributed by atoms with Gasteiger partial charge in [0.2, 0.25) is 0 Å². The molecule has 1 amide bonds. The van der Waals surface area contributed by atoms with E-state index in [1.165, 1.54) is 16.2 Å². The van der Waals surface area contributed by atoms with Gasteiger partial charge < -0.3 is 10.4 Å². The van der Waals surface area contributed by atoms with Crippen molar-refractivity contribution in [3.05, 3.63) is 21.9 Å². The third-order valence-electron chi connectivity index (χ3n) is 3.84. The molecule has 0 unspecified atom stereocenters. The van der Waals surface area contributed by atoms with Gasteiger partial charge in [-0.15, -0.1) is 11.3 Å². The highest BCUT2D eigenvalue weighted by Gasteiger charge is 2.41. The molecule has 104 valence electrons. The number of rotatable bonds is 5. The highest BCUT2D eigenvalue weighted by Crippen LogP contribution is 2.37. The molecule has 0 aliphatic heterocycles. The summed E-state index contributed by atoms with van der Waals surface area (Å²) in [5.74, 6) is -0.942. The molecule has 2 rings (SSSR count). The fourth-order valence-corrected chi connectivity index (χ4v) is 3.41. The number of hydrogen-bond acceptors (Lipinski definition) is 3. The largest absolute Gasteiger partial charge is 0.481 e. The van der Waals surface area contributed by atoms with Crippen LogP contribution < -0.4 is 5.32 Å². The molecule has 2 N–H and O–H groups in total. The minimum atomic E-state index is -0.786. The van der Waals surface area contributed by atoms with Crippen molar-refractivity contribution in [1.82, 2.24) is 5.32 Å². The lowest BCUT2D eigenvalue weighted by atomic mass is 9.86. The van der Waals surface area contributed by atoms with Crippen LogP contribution in [0.3, 0.4) is 0 Å². The van der Waals surface area contributed by atoms with Gasteiger partial charge in [0.25, 0.3) is 5.91 Å². The minimum Gasteiger partial charge on any atom is -0.481 e. The highest BCUT2D eigenvalue weighted by atomic mass is 32.1. The van der Waals surface area contributed by atoms with Gasteiger partial charge in [0, 0.05) is 11.4 Å². The molecule has 4 nitrogen and oxygen atoms in total. The Kier molecular flexibility index (Phi) is 4.24. The second-order valence-corrected chi connectivity index (χ2v) is 6.26. The molecular weight excluding hydrogens is 262 g/mol. The van der Waals surface area contributed by atoms with Crippen LogP contribution in [-0.4, -0.2) is 23.5 Å². The smallest absolute Gasteiger partial charge is 0.311 e. The average molecular weight is 281 g/mol. The molecule has 1 heterocycles. The fraction of sp³-hybridized carbons (Fsp3) is 0.571. The zero-order valence-electron chi connectivity index (χ0n) is 11.1. The lowest BCUT2D eigenvalue weighted by molar-refractivity contribution is -0.148. The topological polar surface area (TPSA) is 66.4 Å². The Bertz CT molecular complexity index is 475. The van der Waals surface area contributed by atoms with Crippen LogP contribution in [0.2, 0.25) is 0 Å². The molecular formula is C14H19NO3S. The van der Waals surface area contributed by atoms with Crippen molar-refractivity contribution in [3.63, 3.8) is 0 Å². The summed E-state index contributed by atoms with van der Waals surface area (Å²) in [6.45, 7) is 2.28. The second-order valence-electron chi connectivity index (χ2n) is 5.09. The average Bonchev–Trinajstić information content (AvgIpc) is 3.05. The van der Waals surface area contributed by atoms with Crippen molar-refractivity contribution in [2.45, 2.75) is 39.0 Å². The number of aryl methyl sites for hydroxylation is 1. The van der Waals surface area contributed by atoms with Gasteiger partial charge in [0.15, 0.2) is 0 Å². The zero-order valence-corrected chi connectivity index (χ0v) is 11.9. The Labute approximate surface area is 116 Å². The van der Waals surface area contributed by atoms with E-state index in [2.05, 4.69) is 5.32 Å². The van der Waals surface area contributed by atoms with E-state index in [0.717, 1.165) is 19.3 Å². The first-order valence-corrected chi connectivity index (χ1v) is 7.49. The van der Waals surface area contributed by atoms with Crippen molar-refractivity contribution < 1.29 is 14.7 Å². The molecule has 0 radical (unpaired) electrons. The molecule has 5 heteroatoms. The number of carboxylic acids is 1. The van der Waals surface area contributed by atoms with Crippen LogP contribution in [0.1, 0.15) is 47.2 Å². The van der Waals surface area contributed by atoms with Crippen molar-refractivity contribution >= 4 is 23.2 Å². The Hall–Kier alpha value is -1.36. The summed E-state index contributed by atoms with van der Waals surface area (Å²) in [7, 11) is 0. The first-order valence-electron chi connectivity index (χ1n) is 6.68. The molecule has 1 fully saturated rings. The van der Waals surface area contributed by atoms with Gasteiger partial charge in [0.1, 0.15) is 0 Å². The van der Waals surface area contributed by atoms with Crippen molar-refractivity contribution in [2.75, 3.05) is 6.54 Å². The normalized spacial score (nSPS) is 17.3. The molecule has 1 aliphatic rings. The van der Waals surface area contributed by atoms with Crippen molar-refractivity contribution in [3.8, 4) is 0 Å². The van der Waals surface area contributed by atoms with Gasteiger partial charge in [-0.3, -0.25) is 9.59 Å². The zero-order chi connectivity index (χ0) is 13.9. The summed E-state index contributed by atoms with van der Waals surface area (Å²) in [5.41, 5.74) is -0.749. The third-order valence-corrected chi connectivity index (χ3v) is 5.06. The summed E-state index contributed by atoms with van der Waals surface area (Å²) in [4.78, 5) is 25.2. The minimum absolute atomic E-state index is 0.155. The summed E-state index contributed by atoms with van der Waals surface area (Å²) in [5, 5.41) is 12.1. The van der Waals surface area contributed by atoms with Crippen LogP contribution in [0.15, 0.2) is 12.1 Å². The first-order chi connectivity index (χ1) is 9.07. The van der Waals surface area contributed by atoms with E-state index in [0.29, 0.717) is 17.7 Å². The van der Waals surface area contributed by atoms with E-state index in [9.17, 15) is 14.7 Å². The van der Waals surface area contributed by atoms with E-state index in [-0.39, 0.29) is 12.5 Å². The van der Waals surface area contributed by atoms with Crippen molar-refractivity contribution in [2.24, 2.45) is 5.41 Å². The molecule has 1 aliphatic carbocycles. The van der Waals surface area contributed by atoms with Gasteiger partial charge in [-0.2, -0.15) is 0 Å². The van der Waals surface area contributed by atoms with Crippen LogP contribution in [0, 0.1) is 5.41 Å². The summed E-state index contributed by atoms with van der Waals surface area (Å²) in [6, 6.07) is 3.75. The van der Waals surface area contributed by atoms with Crippen LogP contribution in [0.5, 0.6) is 0 Å². The van der Waals surface area contributed by atoms with E-state index in [1.54, 1.807) is 6.07 Å². The molecule has 0 aromatic carbocycles. The molecule has 1 aromatic rings. The van der Waals surface area contributed by atoms with Crippen molar-refractivity contribution in [1.29, 1.82) is 0 Å². The Morgan fingerprint density at radius 3 is 2.58 bits per heavy atom. The predicted molar refractivity (Wildman–Crippen MR) is 74.6 cm³/mol. The van der Waals surface area contributed by atoms with E-state index in [1.807, 2.05) is 13.0 Å². The van der Waals surface area contributed by atoms with Gasteiger partial charge in [0.05, 0.1) is 10.3 Å². The number of thiophene rings is 1. The van der Waals surface area contributed by atoms with Crippen LogP contribution in [-0.2, 0) is 11.2 Å². The molecule has 1 saturated carbocycles. The summed E-state index contributed by atoms with van der Waals surface area (Å²) < 4.78 is 0. The quantitative estimate of drug-likeness (QED) is 0.872. The maximum Gasteiger partial charge on any atom is 0.311 e. The molecule has 0 bridgehead atoms. The number of carbonyl (C=O) groups excluding carboxylic acids is 1. The first kappa shape index (κ1) is 14.1. The second kappa shape index (κ2) is 5.74. The van der Waals surface area contributed by atoms with Gasteiger partial charge >= 0.3 is 5.97 Å². The number of nitrogens with one attached hydrogen (secondary N) is 1. The number of carboxylic acid groups (broad SMARTS) is 1. The van der Waals surface area contributed by atoms with Crippen LogP contribution >= 0.6 is 11.3 Å². The highest BCUT2D eigenvalue weighted by molar-refractivity contribution is 7.14. The SMILES string of the molecule is CCc1ccc(C(=O)NCC2(C(=O)O)CCCC2)s1. The summed E-state index contributed by atoms with van der Waals surface area (Å²) in [6.07, 6.45) is 4.10. The maximum absolute atomic E-state index is 12.0. The van der Waals surface area contributed by atoms with Gasteiger partial charge in [-0.25, -0.2) is 0 Å². The lowest BCUT2D eigenvalue weighted by Crippen LogP contribution is -2.41. The maximum atomic E-state index is 12.0. The molecule has 0 atom stereocenters. The molecule has 0 saturated heterocycles. The molecule has 19 heavy (non-hydrogen) atoms. The number of carbonyl (C=O) groups is 2. The van der Waals surface area contributed by atoms with Crippen LogP contribution in [0.4, 0.5) is 0 Å². The van der Waals surface area contributed by atoms with E-state index >= 15 is 0 Å². The molecule has 1 aromatic heterocycles. The van der Waals surface area contributed by atoms with Crippen LogP contribution in [0.25, 0.3) is 0 Å². The third kappa shape index (κ3) is 2.97. The summed E-state index contributed by atoms with van der Waals surface area (Å²) >= 11 is 1.47. The Balaban J connectivity index is 1.97. The Morgan fingerprint density at radius 1 is 1.37 bits per heavy atom. The number of amides is 1. The standard InChI is InChI=1S/C14H19NO3S/c1-2-10-5-6-11(19-10)12(16)15-9-14(13(17)18)7-3-4-8-14/h5-6H,2-4,7-9H2,1H3,(H,15,16)(H,17,18). The van der Waals surface area contributed by atoms with Gasteiger partial charge in [-0.05, 0) is 31.4 Å². The fourth-order valence-electron chi connectivity index (χ4n) is 2.54. The number of hydrogen-bond donors (Lipinski definition) is 2. The van der Waals surface area contributed by atoms with Gasteiger partial charge in [-0.1, -0.05) is 19.8 Å². The monoisotopic (exact) mass is 281 g/mol.